The van der Waals surface area contributed by atoms with E-state index in [1.807, 2.05) is 13.0 Å². The van der Waals surface area contributed by atoms with Gasteiger partial charge in [0, 0.05) is 18.9 Å². The van der Waals surface area contributed by atoms with Crippen molar-refractivity contribution >= 4 is 11.6 Å². The quantitative estimate of drug-likeness (QED) is 0.696. The molecule has 0 radical (unpaired) electrons. The molecule has 0 bridgehead atoms. The summed E-state index contributed by atoms with van der Waals surface area (Å²) in [5, 5.41) is 0. The summed E-state index contributed by atoms with van der Waals surface area (Å²) in [6.07, 6.45) is 1.88. The molecule has 3 heteroatoms. The molecule has 0 aliphatic carbocycles. The second-order valence-electron chi connectivity index (χ2n) is 4.95. The van der Waals surface area contributed by atoms with Gasteiger partial charge in [0.25, 0.3) is 0 Å². The van der Waals surface area contributed by atoms with Gasteiger partial charge in [-0.05, 0) is 30.5 Å². The first-order valence-electron chi connectivity index (χ1n) is 6.19. The number of rotatable bonds is 1. The van der Waals surface area contributed by atoms with Crippen LogP contribution < -0.4 is 4.90 Å². The second-order valence-corrected chi connectivity index (χ2v) is 4.95. The molecule has 0 saturated heterocycles. The number of hydrogen-bond acceptors (Lipinski definition) is 1. The van der Waals surface area contributed by atoms with E-state index in [1.54, 1.807) is 11.0 Å². The fourth-order valence-corrected chi connectivity index (χ4v) is 2.84. The molecular weight excluding hydrogens is 229 g/mol. The van der Waals surface area contributed by atoms with E-state index >= 15 is 0 Å². The van der Waals surface area contributed by atoms with Gasteiger partial charge in [0.15, 0.2) is 0 Å². The van der Waals surface area contributed by atoms with Crippen LogP contribution in [0.25, 0.3) is 0 Å². The Morgan fingerprint density at radius 3 is 2.67 bits per heavy atom. The molecule has 96 valence electrons. The predicted octanol–water partition coefficient (Wildman–Crippen LogP) is 3.49. The number of amides is 1. The average molecular weight is 247 g/mol. The number of fused-ring (bicyclic) bond motifs is 1. The maximum absolute atomic E-state index is 13.4. The van der Waals surface area contributed by atoms with Crippen molar-refractivity contribution in [2.24, 2.45) is 5.92 Å². The van der Waals surface area contributed by atoms with Crippen LogP contribution >= 0.6 is 0 Å². The molecule has 3 atom stereocenters. The van der Waals surface area contributed by atoms with Crippen LogP contribution in [0.2, 0.25) is 0 Å². The molecular formula is C15H18FNO. The topological polar surface area (TPSA) is 20.3 Å². The first kappa shape index (κ1) is 12.8. The Morgan fingerprint density at radius 1 is 1.44 bits per heavy atom. The molecule has 0 N–H and O–H groups in total. The van der Waals surface area contributed by atoms with Crippen LogP contribution in [0.3, 0.4) is 0 Å². The van der Waals surface area contributed by atoms with Crippen LogP contribution in [0, 0.1) is 11.7 Å². The van der Waals surface area contributed by atoms with Gasteiger partial charge in [-0.1, -0.05) is 19.1 Å². The molecule has 1 aliphatic rings. The minimum Gasteiger partial charge on any atom is -0.309 e. The first-order valence-corrected chi connectivity index (χ1v) is 6.19. The van der Waals surface area contributed by atoms with Crippen LogP contribution in [0.15, 0.2) is 30.9 Å². The van der Waals surface area contributed by atoms with Crippen molar-refractivity contribution in [3.63, 3.8) is 0 Å². The van der Waals surface area contributed by atoms with Gasteiger partial charge in [-0.15, -0.1) is 6.58 Å². The highest BCUT2D eigenvalue weighted by Gasteiger charge is 2.36. The molecule has 1 aromatic carbocycles. The van der Waals surface area contributed by atoms with Crippen LogP contribution in [-0.4, -0.2) is 11.9 Å². The fourth-order valence-electron chi connectivity index (χ4n) is 2.84. The van der Waals surface area contributed by atoms with E-state index in [1.165, 1.54) is 19.1 Å². The van der Waals surface area contributed by atoms with Gasteiger partial charge >= 0.3 is 0 Å². The summed E-state index contributed by atoms with van der Waals surface area (Å²) >= 11 is 0. The van der Waals surface area contributed by atoms with Crippen LogP contribution in [0.4, 0.5) is 10.1 Å². The predicted molar refractivity (Wildman–Crippen MR) is 71.1 cm³/mol. The van der Waals surface area contributed by atoms with Gasteiger partial charge in [0.2, 0.25) is 5.91 Å². The number of halogens is 1. The van der Waals surface area contributed by atoms with E-state index in [4.69, 9.17) is 0 Å². The number of carbonyl (C=O) groups is 1. The number of hydrogen-bond donors (Lipinski definition) is 0. The van der Waals surface area contributed by atoms with E-state index in [0.717, 1.165) is 5.56 Å². The SMILES string of the molecule is C=C[C@H]1c2ccc(F)cc2N(C(C)=O)[C@@H](C)C1C. The third-order valence-electron chi connectivity index (χ3n) is 3.94. The summed E-state index contributed by atoms with van der Waals surface area (Å²) in [5.74, 6) is 0.0591. The normalized spacial score (nSPS) is 26.7. The summed E-state index contributed by atoms with van der Waals surface area (Å²) in [6, 6.07) is 4.68. The molecule has 1 aliphatic heterocycles. The highest BCUT2D eigenvalue weighted by atomic mass is 19.1. The lowest BCUT2D eigenvalue weighted by Crippen LogP contribution is -2.46. The molecule has 1 heterocycles. The Labute approximate surface area is 107 Å². The van der Waals surface area contributed by atoms with E-state index in [2.05, 4.69) is 13.5 Å². The Bertz CT molecular complexity index is 497. The molecule has 0 saturated carbocycles. The maximum atomic E-state index is 13.4. The second kappa shape index (κ2) is 4.56. The zero-order chi connectivity index (χ0) is 13.4. The largest absolute Gasteiger partial charge is 0.309 e. The van der Waals surface area contributed by atoms with E-state index < -0.39 is 0 Å². The number of carbonyl (C=O) groups excluding carboxylic acids is 1. The molecule has 0 spiro atoms. The van der Waals surface area contributed by atoms with Crippen molar-refractivity contribution in [3.8, 4) is 0 Å². The van der Waals surface area contributed by atoms with Crippen molar-refractivity contribution in [1.82, 2.24) is 0 Å². The monoisotopic (exact) mass is 247 g/mol. The summed E-state index contributed by atoms with van der Waals surface area (Å²) in [4.78, 5) is 13.5. The summed E-state index contributed by atoms with van der Waals surface area (Å²) in [6.45, 7) is 9.48. The lowest BCUT2D eigenvalue weighted by atomic mass is 9.78. The van der Waals surface area contributed by atoms with Gasteiger partial charge in [-0.2, -0.15) is 0 Å². The number of benzene rings is 1. The smallest absolute Gasteiger partial charge is 0.224 e. The molecule has 1 unspecified atom stereocenters. The average Bonchev–Trinajstić information content (AvgIpc) is 2.31. The lowest BCUT2D eigenvalue weighted by Gasteiger charge is -2.42. The molecule has 1 amide bonds. The van der Waals surface area contributed by atoms with Gasteiger partial charge in [-0.3, -0.25) is 4.79 Å². The Kier molecular flexibility index (Phi) is 3.24. The third kappa shape index (κ3) is 1.84. The zero-order valence-electron chi connectivity index (χ0n) is 11.0. The van der Waals surface area contributed by atoms with Crippen molar-refractivity contribution in [2.75, 3.05) is 4.90 Å². The number of nitrogens with zero attached hydrogens (tertiary/aromatic N) is 1. The zero-order valence-corrected chi connectivity index (χ0v) is 11.0. The molecule has 2 rings (SSSR count). The van der Waals surface area contributed by atoms with Crippen molar-refractivity contribution in [2.45, 2.75) is 32.7 Å². The minimum atomic E-state index is -0.315. The Hall–Kier alpha value is -1.64. The summed E-state index contributed by atoms with van der Waals surface area (Å²) < 4.78 is 13.4. The van der Waals surface area contributed by atoms with E-state index in [0.29, 0.717) is 5.69 Å². The van der Waals surface area contributed by atoms with E-state index in [-0.39, 0.29) is 29.6 Å². The highest BCUT2D eigenvalue weighted by Crippen LogP contribution is 2.42. The van der Waals surface area contributed by atoms with Gasteiger partial charge in [0.05, 0.1) is 5.69 Å². The van der Waals surface area contributed by atoms with Crippen LogP contribution in [0.1, 0.15) is 32.3 Å². The number of anilines is 1. The highest BCUT2D eigenvalue weighted by molar-refractivity contribution is 5.93. The fraction of sp³-hybridized carbons (Fsp3) is 0.400. The van der Waals surface area contributed by atoms with Crippen molar-refractivity contribution < 1.29 is 9.18 Å². The van der Waals surface area contributed by atoms with Crippen LogP contribution in [0.5, 0.6) is 0 Å². The van der Waals surface area contributed by atoms with Crippen molar-refractivity contribution in [1.29, 1.82) is 0 Å². The van der Waals surface area contributed by atoms with Crippen molar-refractivity contribution in [3.05, 3.63) is 42.2 Å². The molecule has 18 heavy (non-hydrogen) atoms. The lowest BCUT2D eigenvalue weighted by molar-refractivity contribution is -0.117. The summed E-state index contributed by atoms with van der Waals surface area (Å²) in [7, 11) is 0. The van der Waals surface area contributed by atoms with Gasteiger partial charge in [-0.25, -0.2) is 4.39 Å². The minimum absolute atomic E-state index is 0.0415. The van der Waals surface area contributed by atoms with Gasteiger partial charge < -0.3 is 4.90 Å². The number of allylic oxidation sites excluding steroid dienone is 1. The van der Waals surface area contributed by atoms with E-state index in [9.17, 15) is 9.18 Å². The standard InChI is InChI=1S/C15H18FNO/c1-5-13-9(2)10(3)17(11(4)18)15-8-12(16)6-7-14(13)15/h5-10,13H,1H2,2-4H3/t9?,10-,13+/m0/s1. The molecule has 0 aromatic heterocycles. The summed E-state index contributed by atoms with van der Waals surface area (Å²) in [5.41, 5.74) is 1.66. The first-order chi connectivity index (χ1) is 8.47. The van der Waals surface area contributed by atoms with Gasteiger partial charge in [0.1, 0.15) is 5.82 Å². The third-order valence-corrected chi connectivity index (χ3v) is 3.94. The molecule has 0 fully saturated rings. The maximum Gasteiger partial charge on any atom is 0.224 e. The molecule has 1 aromatic rings. The Balaban J connectivity index is 2.64. The Morgan fingerprint density at radius 2 is 2.11 bits per heavy atom. The molecule has 2 nitrogen and oxygen atoms in total. The van der Waals surface area contributed by atoms with Crippen LogP contribution in [-0.2, 0) is 4.79 Å².